The summed E-state index contributed by atoms with van der Waals surface area (Å²) < 4.78 is 57.5. The van der Waals surface area contributed by atoms with Crippen LogP contribution in [0.5, 0.6) is 23.0 Å². The van der Waals surface area contributed by atoms with Crippen LogP contribution in [-0.4, -0.2) is 87.9 Å². The molecule has 1 aromatic heterocycles. The van der Waals surface area contributed by atoms with E-state index in [0.29, 0.717) is 29.0 Å². The Kier molecular flexibility index (Phi) is 10.8. The number of fused-ring (bicyclic) bond motifs is 5. The number of nitrogens with one attached hydrogen (secondary N) is 2. The summed E-state index contributed by atoms with van der Waals surface area (Å²) in [5.41, 5.74) is 1.79. The van der Waals surface area contributed by atoms with Crippen LogP contribution in [0.25, 0.3) is 11.3 Å². The molecular weight excluding hydrogens is 680 g/mol. The Bertz CT molecular complexity index is 1970. The molecule has 2 aliphatic heterocycles. The number of likely N-dealkylation sites (tertiary alicyclic amines) is 1. The highest BCUT2D eigenvalue weighted by Gasteiger charge is 2.38. The summed E-state index contributed by atoms with van der Waals surface area (Å²) in [6.45, 7) is -0.129. The highest BCUT2D eigenvalue weighted by Crippen LogP contribution is 2.35. The zero-order valence-electron chi connectivity index (χ0n) is 29.2. The molecule has 0 radical (unpaired) electrons. The second-order valence-electron chi connectivity index (χ2n) is 12.7. The van der Waals surface area contributed by atoms with Crippen LogP contribution in [0.15, 0.2) is 59.1 Å². The molecule has 0 saturated carbocycles. The first kappa shape index (κ1) is 35.9. The number of amides is 3. The number of anilines is 1. The first-order valence-electron chi connectivity index (χ1n) is 16.6. The van der Waals surface area contributed by atoms with Gasteiger partial charge in [0.05, 0.1) is 20.3 Å². The van der Waals surface area contributed by atoms with E-state index in [2.05, 4.69) is 15.8 Å². The SMILES string of the molecule is COc1cc(-c2onc(N(C)C)c2C(=O)N2CC[C@H]3Oc4cc(F)cc(c4)CNC(=O)CCc4ccc(OC)c(c4)OCC(=O)N[C@@H]3C2)ccc1F. The van der Waals surface area contributed by atoms with E-state index < -0.39 is 42.2 Å². The highest BCUT2D eigenvalue weighted by atomic mass is 19.1. The maximum Gasteiger partial charge on any atom is 0.261 e. The van der Waals surface area contributed by atoms with Gasteiger partial charge in [0.25, 0.3) is 11.8 Å². The second kappa shape index (κ2) is 15.6. The van der Waals surface area contributed by atoms with Crippen molar-refractivity contribution in [1.82, 2.24) is 20.7 Å². The summed E-state index contributed by atoms with van der Waals surface area (Å²) in [5.74, 6) is -1.06. The summed E-state index contributed by atoms with van der Waals surface area (Å²) in [6.07, 6.45) is 0.125. The van der Waals surface area contributed by atoms with Crippen LogP contribution in [-0.2, 0) is 22.6 Å². The van der Waals surface area contributed by atoms with Gasteiger partial charge < -0.3 is 43.9 Å². The largest absolute Gasteiger partial charge is 0.494 e. The van der Waals surface area contributed by atoms with Crippen molar-refractivity contribution in [2.24, 2.45) is 0 Å². The van der Waals surface area contributed by atoms with Gasteiger partial charge in [0.1, 0.15) is 23.2 Å². The van der Waals surface area contributed by atoms with E-state index in [0.717, 1.165) is 5.56 Å². The van der Waals surface area contributed by atoms with Gasteiger partial charge in [-0.05, 0) is 60.0 Å². The topological polar surface area (TPSA) is 145 Å². The molecule has 3 heterocycles. The lowest BCUT2D eigenvalue weighted by atomic mass is 9.99. The number of aryl methyl sites for hydroxylation is 1. The first-order valence-corrected chi connectivity index (χ1v) is 16.6. The normalized spacial score (nSPS) is 18.0. The average molecular weight is 720 g/mol. The minimum Gasteiger partial charge on any atom is -0.494 e. The maximum atomic E-state index is 14.8. The predicted octanol–water partition coefficient (Wildman–Crippen LogP) is 4.12. The summed E-state index contributed by atoms with van der Waals surface area (Å²) in [7, 11) is 6.23. The fraction of sp³-hybridized carbons (Fsp3) is 0.351. The highest BCUT2D eigenvalue weighted by molar-refractivity contribution is 6.04. The van der Waals surface area contributed by atoms with E-state index in [1.54, 1.807) is 48.2 Å². The number of benzene rings is 3. The van der Waals surface area contributed by atoms with E-state index in [1.807, 2.05) is 0 Å². The summed E-state index contributed by atoms with van der Waals surface area (Å²) in [6, 6.07) is 12.7. The number of carbonyl (C=O) groups is 3. The lowest BCUT2D eigenvalue weighted by Crippen LogP contribution is -2.58. The molecule has 52 heavy (non-hydrogen) atoms. The van der Waals surface area contributed by atoms with Crippen LogP contribution in [0.4, 0.5) is 14.6 Å². The van der Waals surface area contributed by atoms with Gasteiger partial charge in [0.15, 0.2) is 41.3 Å². The number of hydrogen-bond donors (Lipinski definition) is 2. The molecule has 6 rings (SSSR count). The van der Waals surface area contributed by atoms with Crippen LogP contribution >= 0.6 is 0 Å². The monoisotopic (exact) mass is 719 g/mol. The molecule has 0 spiro atoms. The minimum atomic E-state index is -0.774. The zero-order valence-corrected chi connectivity index (χ0v) is 29.2. The van der Waals surface area contributed by atoms with E-state index >= 15 is 0 Å². The summed E-state index contributed by atoms with van der Waals surface area (Å²) >= 11 is 0. The van der Waals surface area contributed by atoms with Crippen molar-refractivity contribution in [3.63, 3.8) is 0 Å². The van der Waals surface area contributed by atoms with Gasteiger partial charge in [-0.2, -0.15) is 0 Å². The standard InChI is InChI=1S/C37H39F2N5O8/c1-43(2)36-34(35(52-42-36)23-7-8-26(39)30(16-23)49-4)37(47)44-12-11-28-27(19-44)41-33(46)20-50-31-15-21(5-9-29(31)48-3)6-10-32(45)40-18-22-13-24(38)17-25(14-22)51-28/h5,7-9,13-17,27-28H,6,10-12,18-20H2,1-4H3,(H,40,45)(H,41,46)/t27-,28-/m1/s1. The molecule has 2 aliphatic rings. The van der Waals surface area contributed by atoms with Gasteiger partial charge in [0.2, 0.25) is 5.91 Å². The van der Waals surface area contributed by atoms with Crippen LogP contribution in [0.3, 0.4) is 0 Å². The van der Waals surface area contributed by atoms with Crippen molar-refractivity contribution in [1.29, 1.82) is 0 Å². The molecule has 2 atom stereocenters. The average Bonchev–Trinajstić information content (AvgIpc) is 3.58. The van der Waals surface area contributed by atoms with Gasteiger partial charge in [-0.1, -0.05) is 11.2 Å². The molecule has 0 aliphatic carbocycles. The minimum absolute atomic E-state index is 0.00347. The molecule has 1 saturated heterocycles. The quantitative estimate of drug-likeness (QED) is 0.309. The molecule has 13 nitrogen and oxygen atoms in total. The molecule has 15 heteroatoms. The van der Waals surface area contributed by atoms with Crippen LogP contribution in [0.1, 0.15) is 34.3 Å². The number of halogens is 2. The summed E-state index contributed by atoms with van der Waals surface area (Å²) in [4.78, 5) is 43.6. The van der Waals surface area contributed by atoms with Gasteiger partial charge in [-0.3, -0.25) is 14.4 Å². The van der Waals surface area contributed by atoms with Gasteiger partial charge in [-0.25, -0.2) is 8.78 Å². The van der Waals surface area contributed by atoms with E-state index in [4.69, 9.17) is 23.5 Å². The molecule has 4 aromatic rings. The molecule has 3 amide bonds. The van der Waals surface area contributed by atoms with Gasteiger partial charge in [-0.15, -0.1) is 0 Å². The first-order chi connectivity index (χ1) is 25.0. The van der Waals surface area contributed by atoms with Crippen molar-refractivity contribution >= 4 is 23.5 Å². The predicted molar refractivity (Wildman–Crippen MR) is 185 cm³/mol. The smallest absolute Gasteiger partial charge is 0.261 e. The molecule has 3 aromatic carbocycles. The van der Waals surface area contributed by atoms with Crippen LogP contribution in [0, 0.1) is 11.6 Å². The Morgan fingerprint density at radius 1 is 0.962 bits per heavy atom. The fourth-order valence-corrected chi connectivity index (χ4v) is 6.22. The van der Waals surface area contributed by atoms with Crippen molar-refractivity contribution in [3.8, 4) is 34.3 Å². The second-order valence-corrected chi connectivity index (χ2v) is 12.7. The molecular formula is C37H39F2N5O8. The van der Waals surface area contributed by atoms with Crippen LogP contribution < -0.4 is 34.5 Å². The number of rotatable bonds is 5. The molecule has 1 fully saturated rings. The van der Waals surface area contributed by atoms with E-state index in [9.17, 15) is 23.2 Å². The Morgan fingerprint density at radius 2 is 1.77 bits per heavy atom. The summed E-state index contributed by atoms with van der Waals surface area (Å²) in [5, 5.41) is 9.90. The maximum absolute atomic E-state index is 14.8. The Labute approximate surface area is 298 Å². The molecule has 0 unspecified atom stereocenters. The number of methoxy groups -OCH3 is 2. The Morgan fingerprint density at radius 3 is 2.54 bits per heavy atom. The molecule has 4 bridgehead atoms. The molecule has 274 valence electrons. The lowest BCUT2D eigenvalue weighted by molar-refractivity contribution is -0.125. The third-order valence-electron chi connectivity index (χ3n) is 8.84. The Hall–Kier alpha value is -5.86. The number of ether oxygens (including phenoxy) is 4. The number of nitrogens with zero attached hydrogens (tertiary/aromatic N) is 3. The van der Waals surface area contributed by atoms with Crippen molar-refractivity contribution in [2.75, 3.05) is 52.9 Å². The van der Waals surface area contributed by atoms with Crippen molar-refractivity contribution < 1.29 is 46.6 Å². The zero-order chi connectivity index (χ0) is 36.9. The number of carbonyl (C=O) groups excluding carboxylic acids is 3. The Balaban J connectivity index is 1.31. The van der Waals surface area contributed by atoms with Gasteiger partial charge >= 0.3 is 0 Å². The van der Waals surface area contributed by atoms with Crippen molar-refractivity contribution in [3.05, 3.63) is 82.9 Å². The molecule has 2 N–H and O–H groups in total. The van der Waals surface area contributed by atoms with E-state index in [1.165, 1.54) is 44.6 Å². The number of piperidine rings is 1. The number of aromatic nitrogens is 1. The third-order valence-corrected chi connectivity index (χ3v) is 8.84. The lowest BCUT2D eigenvalue weighted by Gasteiger charge is -2.39. The van der Waals surface area contributed by atoms with Crippen molar-refractivity contribution in [2.45, 2.75) is 38.0 Å². The van der Waals surface area contributed by atoms with Crippen LogP contribution in [0.2, 0.25) is 0 Å². The van der Waals surface area contributed by atoms with Gasteiger partial charge in [0, 0.05) is 58.2 Å². The fourth-order valence-electron chi connectivity index (χ4n) is 6.22. The number of hydrogen-bond acceptors (Lipinski definition) is 10. The third kappa shape index (κ3) is 8.03. The van der Waals surface area contributed by atoms with E-state index in [-0.39, 0.29) is 67.0 Å².